The number of nitrogens with zero attached hydrogens (tertiary/aromatic N) is 1. The van der Waals surface area contributed by atoms with Gasteiger partial charge in [0.2, 0.25) is 0 Å². The second kappa shape index (κ2) is 5.15. The molecule has 0 saturated carbocycles. The van der Waals surface area contributed by atoms with E-state index in [2.05, 4.69) is 42.2 Å². The first kappa shape index (κ1) is 14.1. The van der Waals surface area contributed by atoms with E-state index >= 15 is 0 Å². The van der Waals surface area contributed by atoms with Crippen molar-refractivity contribution in [3.8, 4) is 0 Å². The third-order valence-electron chi connectivity index (χ3n) is 4.88. The second-order valence-corrected chi connectivity index (χ2v) is 6.16. The lowest BCUT2D eigenvalue weighted by Crippen LogP contribution is -2.48. The van der Waals surface area contributed by atoms with E-state index in [0.717, 1.165) is 19.4 Å². The van der Waals surface area contributed by atoms with E-state index in [9.17, 15) is 9.90 Å². The minimum Gasteiger partial charge on any atom is -0.480 e. The number of hydrogen-bond donors (Lipinski definition) is 1. The third kappa shape index (κ3) is 2.32. The van der Waals surface area contributed by atoms with Crippen LogP contribution < -0.4 is 0 Å². The molecule has 2 aromatic carbocycles. The summed E-state index contributed by atoms with van der Waals surface area (Å²) in [6, 6.07) is 14.8. The minimum absolute atomic E-state index is 0.109. The van der Waals surface area contributed by atoms with Crippen LogP contribution in [0.3, 0.4) is 0 Å². The molecule has 3 rings (SSSR count). The highest BCUT2D eigenvalue weighted by molar-refractivity contribution is 5.83. The van der Waals surface area contributed by atoms with E-state index in [0.29, 0.717) is 0 Å². The van der Waals surface area contributed by atoms with Crippen LogP contribution >= 0.6 is 0 Å². The van der Waals surface area contributed by atoms with E-state index in [-0.39, 0.29) is 6.04 Å². The van der Waals surface area contributed by atoms with Crippen LogP contribution in [0.15, 0.2) is 42.5 Å². The quantitative estimate of drug-likeness (QED) is 0.930. The van der Waals surface area contributed by atoms with Crippen molar-refractivity contribution >= 4 is 16.7 Å². The number of fused-ring (bicyclic) bond motifs is 1. The van der Waals surface area contributed by atoms with E-state index < -0.39 is 11.5 Å². The Morgan fingerprint density at radius 1 is 1.24 bits per heavy atom. The Morgan fingerprint density at radius 2 is 1.95 bits per heavy atom. The lowest BCUT2D eigenvalue weighted by molar-refractivity contribution is -0.149. The molecule has 1 aliphatic rings. The molecule has 2 atom stereocenters. The molecular weight excluding hydrogens is 262 g/mol. The van der Waals surface area contributed by atoms with Crippen LogP contribution in [0.5, 0.6) is 0 Å². The molecule has 3 nitrogen and oxygen atoms in total. The normalized spacial score (nSPS) is 24.3. The summed E-state index contributed by atoms with van der Waals surface area (Å²) in [5, 5.41) is 12.0. The fourth-order valence-corrected chi connectivity index (χ4v) is 3.48. The van der Waals surface area contributed by atoms with Crippen molar-refractivity contribution < 1.29 is 9.90 Å². The Labute approximate surface area is 125 Å². The van der Waals surface area contributed by atoms with Gasteiger partial charge in [0.25, 0.3) is 0 Å². The molecule has 2 unspecified atom stereocenters. The van der Waals surface area contributed by atoms with Gasteiger partial charge in [-0.15, -0.1) is 0 Å². The summed E-state index contributed by atoms with van der Waals surface area (Å²) in [6.45, 7) is 4.80. The summed E-state index contributed by atoms with van der Waals surface area (Å²) in [6.07, 6.45) is 1.67. The monoisotopic (exact) mass is 283 g/mol. The number of rotatable bonds is 3. The Bertz CT molecular complexity index is 682. The molecule has 1 fully saturated rings. The molecule has 21 heavy (non-hydrogen) atoms. The Morgan fingerprint density at radius 3 is 2.67 bits per heavy atom. The van der Waals surface area contributed by atoms with Gasteiger partial charge in [-0.2, -0.15) is 0 Å². The average molecular weight is 283 g/mol. The largest absolute Gasteiger partial charge is 0.480 e. The number of carbonyl (C=O) groups is 1. The van der Waals surface area contributed by atoms with Gasteiger partial charge in [0.15, 0.2) is 0 Å². The molecule has 0 aromatic heterocycles. The number of aliphatic carboxylic acids is 1. The van der Waals surface area contributed by atoms with Crippen molar-refractivity contribution in [1.82, 2.24) is 4.90 Å². The van der Waals surface area contributed by atoms with Crippen LogP contribution in [-0.2, 0) is 4.79 Å². The van der Waals surface area contributed by atoms with Crippen molar-refractivity contribution in [1.29, 1.82) is 0 Å². The van der Waals surface area contributed by atoms with E-state index in [1.54, 1.807) is 0 Å². The molecule has 0 bridgehead atoms. The smallest absolute Gasteiger partial charge is 0.323 e. The zero-order valence-electron chi connectivity index (χ0n) is 12.5. The maximum atomic E-state index is 11.6. The van der Waals surface area contributed by atoms with Crippen LogP contribution in [-0.4, -0.2) is 28.1 Å². The van der Waals surface area contributed by atoms with Crippen molar-refractivity contribution in [2.45, 2.75) is 38.3 Å². The minimum atomic E-state index is -0.745. The highest BCUT2D eigenvalue weighted by Gasteiger charge is 2.45. The molecule has 0 radical (unpaired) electrons. The summed E-state index contributed by atoms with van der Waals surface area (Å²) < 4.78 is 0. The summed E-state index contributed by atoms with van der Waals surface area (Å²) in [5.41, 5.74) is 0.438. The summed E-state index contributed by atoms with van der Waals surface area (Å²) in [7, 11) is 0. The first-order valence-electron chi connectivity index (χ1n) is 7.51. The summed E-state index contributed by atoms with van der Waals surface area (Å²) in [5.74, 6) is -0.715. The molecule has 1 saturated heterocycles. The fraction of sp³-hybridized carbons (Fsp3) is 0.389. The topological polar surface area (TPSA) is 40.5 Å². The average Bonchev–Trinajstić information content (AvgIpc) is 2.89. The first-order chi connectivity index (χ1) is 10.0. The standard InChI is InChI=1S/C18H21NO2/c1-13(19-11-5-10-18(19,2)17(20)21)15-9-8-14-6-3-4-7-16(14)12-15/h3-4,6-9,12-13H,5,10-11H2,1-2H3,(H,20,21). The van der Waals surface area contributed by atoms with Gasteiger partial charge in [-0.1, -0.05) is 36.4 Å². The Kier molecular flexibility index (Phi) is 3.46. The van der Waals surface area contributed by atoms with Gasteiger partial charge in [-0.3, -0.25) is 9.69 Å². The predicted octanol–water partition coefficient (Wildman–Crippen LogP) is 3.84. The predicted molar refractivity (Wildman–Crippen MR) is 84.3 cm³/mol. The molecule has 1 aliphatic heterocycles. The van der Waals surface area contributed by atoms with Crippen molar-refractivity contribution in [2.75, 3.05) is 6.54 Å². The van der Waals surface area contributed by atoms with Crippen LogP contribution in [0, 0.1) is 0 Å². The Balaban J connectivity index is 1.96. The second-order valence-electron chi connectivity index (χ2n) is 6.16. The van der Waals surface area contributed by atoms with Crippen LogP contribution in [0.25, 0.3) is 10.8 Å². The molecule has 3 heteroatoms. The van der Waals surface area contributed by atoms with Gasteiger partial charge < -0.3 is 5.11 Å². The summed E-state index contributed by atoms with van der Waals surface area (Å²) in [4.78, 5) is 13.8. The lowest BCUT2D eigenvalue weighted by atomic mass is 9.95. The summed E-state index contributed by atoms with van der Waals surface area (Å²) >= 11 is 0. The SMILES string of the molecule is CC(c1ccc2ccccc2c1)N1CCCC1(C)C(=O)O. The third-order valence-corrected chi connectivity index (χ3v) is 4.88. The van der Waals surface area contributed by atoms with Crippen LogP contribution in [0.1, 0.15) is 38.3 Å². The zero-order valence-corrected chi connectivity index (χ0v) is 12.5. The van der Waals surface area contributed by atoms with Crippen molar-refractivity contribution in [3.63, 3.8) is 0 Å². The van der Waals surface area contributed by atoms with Gasteiger partial charge in [0.05, 0.1) is 0 Å². The highest BCUT2D eigenvalue weighted by Crippen LogP contribution is 2.37. The van der Waals surface area contributed by atoms with Crippen LogP contribution in [0.4, 0.5) is 0 Å². The van der Waals surface area contributed by atoms with Gasteiger partial charge in [0.1, 0.15) is 5.54 Å². The Hall–Kier alpha value is -1.87. The van der Waals surface area contributed by atoms with Gasteiger partial charge >= 0.3 is 5.97 Å². The van der Waals surface area contributed by atoms with Gasteiger partial charge in [0, 0.05) is 6.04 Å². The number of likely N-dealkylation sites (tertiary alicyclic amines) is 1. The molecule has 110 valence electrons. The molecule has 0 amide bonds. The van der Waals surface area contributed by atoms with E-state index in [4.69, 9.17) is 0 Å². The maximum Gasteiger partial charge on any atom is 0.323 e. The van der Waals surface area contributed by atoms with Gasteiger partial charge in [-0.25, -0.2) is 0 Å². The fourth-order valence-electron chi connectivity index (χ4n) is 3.48. The molecule has 0 aliphatic carbocycles. The van der Waals surface area contributed by atoms with Crippen molar-refractivity contribution in [2.24, 2.45) is 0 Å². The number of hydrogen-bond acceptors (Lipinski definition) is 2. The molecule has 2 aromatic rings. The number of benzene rings is 2. The number of carboxylic acids is 1. The lowest BCUT2D eigenvalue weighted by Gasteiger charge is -2.36. The first-order valence-corrected chi connectivity index (χ1v) is 7.51. The maximum absolute atomic E-state index is 11.6. The van der Waals surface area contributed by atoms with E-state index in [1.807, 2.05) is 19.1 Å². The van der Waals surface area contributed by atoms with E-state index in [1.165, 1.54) is 16.3 Å². The van der Waals surface area contributed by atoms with Crippen LogP contribution in [0.2, 0.25) is 0 Å². The molecule has 0 spiro atoms. The molecule has 1 heterocycles. The van der Waals surface area contributed by atoms with Gasteiger partial charge in [-0.05, 0) is 55.6 Å². The van der Waals surface area contributed by atoms with Crippen molar-refractivity contribution in [3.05, 3.63) is 48.0 Å². The molecular formula is C18H21NO2. The highest BCUT2D eigenvalue weighted by atomic mass is 16.4. The molecule has 1 N–H and O–H groups in total. The zero-order chi connectivity index (χ0) is 15.0. The number of carboxylic acid groups (broad SMARTS) is 1.